The van der Waals surface area contributed by atoms with Crippen LogP contribution in [0, 0.1) is 19.7 Å². The van der Waals surface area contributed by atoms with E-state index >= 15 is 0 Å². The number of rotatable bonds is 4. The summed E-state index contributed by atoms with van der Waals surface area (Å²) in [5, 5.41) is 0. The Balaban J connectivity index is 2.27. The fourth-order valence-electron chi connectivity index (χ4n) is 1.96. The van der Waals surface area contributed by atoms with Crippen molar-refractivity contribution in [2.75, 3.05) is 0 Å². The molecule has 2 aromatic carbocycles. The summed E-state index contributed by atoms with van der Waals surface area (Å²) in [6, 6.07) is 9.88. The van der Waals surface area contributed by atoms with Gasteiger partial charge in [0.2, 0.25) is 4.69 Å². The van der Waals surface area contributed by atoms with Gasteiger partial charge in [-0.3, -0.25) is 4.79 Å². The normalized spacial score (nSPS) is 10.4. The van der Waals surface area contributed by atoms with Crippen molar-refractivity contribution in [2.45, 2.75) is 20.5 Å². The van der Waals surface area contributed by atoms with Crippen molar-refractivity contribution in [3.63, 3.8) is 0 Å². The van der Waals surface area contributed by atoms with Crippen LogP contribution in [0.1, 0.15) is 27.0 Å². The summed E-state index contributed by atoms with van der Waals surface area (Å²) in [4.78, 5) is 11.6. The van der Waals surface area contributed by atoms with Gasteiger partial charge in [0.15, 0.2) is 0 Å². The zero-order valence-corrected chi connectivity index (χ0v) is 12.8. The van der Waals surface area contributed by atoms with Crippen LogP contribution in [0.5, 0.6) is 5.75 Å². The topological polar surface area (TPSA) is 26.3 Å². The lowest BCUT2D eigenvalue weighted by molar-refractivity contribution is 0.109. The molecule has 0 unspecified atom stereocenters. The standard InChI is InChI=1S/C16H14BrFO2/c1-10-4-3-5-13(16(17)19)14(10)9-20-15-8-12(18)7-6-11(15)2/h3-8H,9H2,1-2H3. The Morgan fingerprint density at radius 3 is 2.65 bits per heavy atom. The first-order valence-electron chi connectivity index (χ1n) is 6.16. The van der Waals surface area contributed by atoms with Crippen molar-refractivity contribution in [3.05, 3.63) is 64.5 Å². The highest BCUT2D eigenvalue weighted by atomic mass is 79.9. The van der Waals surface area contributed by atoms with Gasteiger partial charge in [-0.1, -0.05) is 24.3 Å². The third-order valence-corrected chi connectivity index (χ3v) is 3.57. The molecule has 0 aliphatic rings. The van der Waals surface area contributed by atoms with Crippen molar-refractivity contribution in [1.29, 1.82) is 0 Å². The molecule has 0 amide bonds. The molecule has 0 fully saturated rings. The first-order valence-corrected chi connectivity index (χ1v) is 6.95. The monoisotopic (exact) mass is 336 g/mol. The Bertz CT molecular complexity index is 653. The lowest BCUT2D eigenvalue weighted by atomic mass is 10.0. The SMILES string of the molecule is Cc1ccc(F)cc1OCc1c(C)cccc1C(=O)Br. The zero-order valence-electron chi connectivity index (χ0n) is 11.2. The van der Waals surface area contributed by atoms with E-state index in [1.54, 1.807) is 12.1 Å². The predicted octanol–water partition coefficient (Wildman–Crippen LogP) is 4.56. The Kier molecular flexibility index (Phi) is 4.55. The van der Waals surface area contributed by atoms with E-state index in [9.17, 15) is 9.18 Å². The molecule has 0 saturated carbocycles. The van der Waals surface area contributed by atoms with E-state index in [1.807, 2.05) is 26.0 Å². The minimum atomic E-state index is -0.341. The van der Waals surface area contributed by atoms with E-state index in [1.165, 1.54) is 12.1 Å². The van der Waals surface area contributed by atoms with Crippen LogP contribution in [-0.2, 0) is 6.61 Å². The van der Waals surface area contributed by atoms with Gasteiger partial charge in [0.1, 0.15) is 18.2 Å². The molecule has 0 N–H and O–H groups in total. The van der Waals surface area contributed by atoms with Crippen molar-refractivity contribution in [3.8, 4) is 5.75 Å². The molecule has 0 aliphatic heterocycles. The van der Waals surface area contributed by atoms with Crippen LogP contribution < -0.4 is 4.74 Å². The molecule has 0 aliphatic carbocycles. The first-order chi connectivity index (χ1) is 9.49. The van der Waals surface area contributed by atoms with Crippen LogP contribution in [0.4, 0.5) is 4.39 Å². The van der Waals surface area contributed by atoms with Gasteiger partial charge in [-0.25, -0.2) is 4.39 Å². The van der Waals surface area contributed by atoms with Crippen molar-refractivity contribution < 1.29 is 13.9 Å². The van der Waals surface area contributed by atoms with Crippen molar-refractivity contribution in [1.82, 2.24) is 0 Å². The van der Waals surface area contributed by atoms with E-state index in [4.69, 9.17) is 4.74 Å². The fraction of sp³-hybridized carbons (Fsp3) is 0.188. The summed E-state index contributed by atoms with van der Waals surface area (Å²) in [5.41, 5.74) is 3.19. The summed E-state index contributed by atoms with van der Waals surface area (Å²) < 4.78 is 18.7. The maximum absolute atomic E-state index is 13.2. The second-order valence-corrected chi connectivity index (χ2v) is 5.29. The molecule has 2 aromatic rings. The molecule has 0 aromatic heterocycles. The second-order valence-electron chi connectivity index (χ2n) is 4.57. The average Bonchev–Trinajstić information content (AvgIpc) is 2.40. The maximum atomic E-state index is 13.2. The van der Waals surface area contributed by atoms with Gasteiger partial charge in [-0.2, -0.15) is 0 Å². The Morgan fingerprint density at radius 1 is 1.20 bits per heavy atom. The van der Waals surface area contributed by atoms with Crippen LogP contribution in [0.25, 0.3) is 0 Å². The maximum Gasteiger partial charge on any atom is 0.228 e. The van der Waals surface area contributed by atoms with Crippen LogP contribution in [-0.4, -0.2) is 4.69 Å². The number of carbonyl (C=O) groups excluding carboxylic acids is 1. The van der Waals surface area contributed by atoms with Gasteiger partial charge < -0.3 is 4.74 Å². The highest BCUT2D eigenvalue weighted by Crippen LogP contribution is 2.23. The minimum absolute atomic E-state index is 0.184. The summed E-state index contributed by atoms with van der Waals surface area (Å²) >= 11 is 2.97. The number of halogens is 2. The lowest BCUT2D eigenvalue weighted by Gasteiger charge is -2.13. The largest absolute Gasteiger partial charge is 0.488 e. The molecule has 2 nitrogen and oxygen atoms in total. The van der Waals surface area contributed by atoms with E-state index in [2.05, 4.69) is 15.9 Å². The number of ether oxygens (including phenoxy) is 1. The number of aryl methyl sites for hydroxylation is 2. The van der Waals surface area contributed by atoms with Crippen LogP contribution >= 0.6 is 15.9 Å². The number of hydrogen-bond donors (Lipinski definition) is 0. The number of carbonyl (C=O) groups is 1. The molecule has 104 valence electrons. The quantitative estimate of drug-likeness (QED) is 0.765. The van der Waals surface area contributed by atoms with Crippen LogP contribution in [0.3, 0.4) is 0 Å². The summed E-state index contributed by atoms with van der Waals surface area (Å²) in [6.45, 7) is 3.99. The Labute approximate surface area is 125 Å². The predicted molar refractivity (Wildman–Crippen MR) is 79.9 cm³/mol. The number of benzene rings is 2. The van der Waals surface area contributed by atoms with Gasteiger partial charge in [0.25, 0.3) is 0 Å². The average molecular weight is 337 g/mol. The zero-order chi connectivity index (χ0) is 14.7. The molecule has 4 heteroatoms. The van der Waals surface area contributed by atoms with E-state index in [0.717, 1.165) is 16.7 Å². The van der Waals surface area contributed by atoms with Gasteiger partial charge in [-0.15, -0.1) is 0 Å². The molecular weight excluding hydrogens is 323 g/mol. The van der Waals surface area contributed by atoms with E-state index in [0.29, 0.717) is 11.3 Å². The van der Waals surface area contributed by atoms with Crippen LogP contribution in [0.15, 0.2) is 36.4 Å². The van der Waals surface area contributed by atoms with E-state index < -0.39 is 0 Å². The highest BCUT2D eigenvalue weighted by molar-refractivity contribution is 9.18. The summed E-state index contributed by atoms with van der Waals surface area (Å²) in [5.74, 6) is 0.147. The van der Waals surface area contributed by atoms with Gasteiger partial charge in [0.05, 0.1) is 0 Å². The highest BCUT2D eigenvalue weighted by Gasteiger charge is 2.12. The van der Waals surface area contributed by atoms with Gasteiger partial charge in [0, 0.05) is 17.2 Å². The fourth-order valence-corrected chi connectivity index (χ4v) is 2.33. The molecule has 0 spiro atoms. The van der Waals surface area contributed by atoms with Gasteiger partial charge >= 0.3 is 0 Å². The summed E-state index contributed by atoms with van der Waals surface area (Å²) in [6.07, 6.45) is 0. The van der Waals surface area contributed by atoms with Crippen LogP contribution in [0.2, 0.25) is 0 Å². The molecule has 0 heterocycles. The molecule has 20 heavy (non-hydrogen) atoms. The first kappa shape index (κ1) is 14.7. The van der Waals surface area contributed by atoms with Crippen molar-refractivity contribution in [2.24, 2.45) is 0 Å². The molecule has 2 rings (SSSR count). The molecule has 0 atom stereocenters. The van der Waals surface area contributed by atoms with Gasteiger partial charge in [-0.05, 0) is 47.0 Å². The van der Waals surface area contributed by atoms with Crippen molar-refractivity contribution >= 4 is 20.6 Å². The molecular formula is C16H14BrFO2. The Hall–Kier alpha value is -1.68. The Morgan fingerprint density at radius 2 is 1.95 bits per heavy atom. The summed E-state index contributed by atoms with van der Waals surface area (Å²) in [7, 11) is 0. The van der Waals surface area contributed by atoms with E-state index in [-0.39, 0.29) is 17.1 Å². The second kappa shape index (κ2) is 6.18. The smallest absolute Gasteiger partial charge is 0.228 e. The lowest BCUT2D eigenvalue weighted by Crippen LogP contribution is -2.05. The third kappa shape index (κ3) is 3.25. The molecule has 0 bridgehead atoms. The number of hydrogen-bond acceptors (Lipinski definition) is 2. The molecule has 0 saturated heterocycles. The minimum Gasteiger partial charge on any atom is -0.488 e. The molecule has 0 radical (unpaired) electrons. The third-order valence-electron chi connectivity index (χ3n) is 3.14.